The fourth-order valence-electron chi connectivity index (χ4n) is 5.61. The van der Waals surface area contributed by atoms with Crippen LogP contribution in [0.4, 0.5) is 0 Å². The van der Waals surface area contributed by atoms with Gasteiger partial charge in [-0.15, -0.1) is 0 Å². The molecule has 1 saturated heterocycles. The van der Waals surface area contributed by atoms with E-state index in [0.717, 1.165) is 38.6 Å². The van der Waals surface area contributed by atoms with Crippen molar-refractivity contribution in [1.82, 2.24) is 10.2 Å². The number of nitrogens with zero attached hydrogens (tertiary/aromatic N) is 2. The van der Waals surface area contributed by atoms with Crippen molar-refractivity contribution in [3.05, 3.63) is 11.6 Å². The maximum absolute atomic E-state index is 12.7. The number of carbonyl (C=O) groups excluding carboxylic acids is 1. The van der Waals surface area contributed by atoms with E-state index in [1.807, 2.05) is 11.1 Å². The summed E-state index contributed by atoms with van der Waals surface area (Å²) in [5.74, 6) is 1.44. The zero-order valence-electron chi connectivity index (χ0n) is 14.8. The van der Waals surface area contributed by atoms with E-state index in [-0.39, 0.29) is 17.5 Å². The molecule has 3 aliphatic carbocycles. The summed E-state index contributed by atoms with van der Waals surface area (Å²) in [5.41, 5.74) is 0.654. The molecule has 2 saturated carbocycles. The molecule has 0 aromatic carbocycles. The second kappa shape index (κ2) is 5.67. The highest BCUT2D eigenvalue weighted by Gasteiger charge is 2.55. The Kier molecular flexibility index (Phi) is 3.84. The average molecular weight is 331 g/mol. The molecule has 0 aromatic rings. The molecule has 0 spiro atoms. The third kappa shape index (κ3) is 2.72. The van der Waals surface area contributed by atoms with Gasteiger partial charge in [-0.2, -0.15) is 0 Å². The number of fused-ring (bicyclic) bond motifs is 1. The molecule has 5 heteroatoms. The van der Waals surface area contributed by atoms with Gasteiger partial charge >= 0.3 is 0 Å². The van der Waals surface area contributed by atoms with Crippen LogP contribution >= 0.6 is 0 Å². The topological polar surface area (TPSA) is 64.9 Å². The molecule has 5 nitrogen and oxygen atoms in total. The van der Waals surface area contributed by atoms with Crippen molar-refractivity contribution in [2.75, 3.05) is 20.1 Å². The Morgan fingerprint density at radius 3 is 3.17 bits per heavy atom. The van der Waals surface area contributed by atoms with E-state index in [9.17, 15) is 9.90 Å². The van der Waals surface area contributed by atoms with Crippen molar-refractivity contribution < 1.29 is 9.90 Å². The van der Waals surface area contributed by atoms with E-state index in [1.54, 1.807) is 7.05 Å². The van der Waals surface area contributed by atoms with Crippen LogP contribution in [0.25, 0.3) is 0 Å². The monoisotopic (exact) mass is 331 g/mol. The Bertz CT molecular complexity index is 601. The molecule has 24 heavy (non-hydrogen) atoms. The number of allylic oxidation sites excluding steroid dienone is 1. The van der Waals surface area contributed by atoms with Gasteiger partial charge in [0.15, 0.2) is 0 Å². The lowest BCUT2D eigenvalue weighted by Gasteiger charge is -2.40. The Hall–Kier alpha value is -1.20. The number of nitrogens with one attached hydrogen (secondary N) is 1. The highest BCUT2D eigenvalue weighted by atomic mass is 16.3. The highest BCUT2D eigenvalue weighted by molar-refractivity contribution is 5.83. The van der Waals surface area contributed by atoms with Crippen molar-refractivity contribution in [3.8, 4) is 0 Å². The third-order valence-electron chi connectivity index (χ3n) is 6.57. The van der Waals surface area contributed by atoms with Gasteiger partial charge in [0.2, 0.25) is 5.91 Å². The lowest BCUT2D eigenvalue weighted by Crippen LogP contribution is -2.52. The van der Waals surface area contributed by atoms with E-state index < -0.39 is 5.60 Å². The van der Waals surface area contributed by atoms with Crippen LogP contribution < -0.4 is 5.32 Å². The summed E-state index contributed by atoms with van der Waals surface area (Å²) in [6.45, 7) is 3.29. The van der Waals surface area contributed by atoms with E-state index in [0.29, 0.717) is 24.8 Å². The Labute approximate surface area is 144 Å². The van der Waals surface area contributed by atoms with Crippen LogP contribution in [0.3, 0.4) is 0 Å². The van der Waals surface area contributed by atoms with Gasteiger partial charge in [0.05, 0.1) is 18.2 Å². The second-order valence-electron chi connectivity index (χ2n) is 8.57. The smallest absolute Gasteiger partial charge is 0.237 e. The van der Waals surface area contributed by atoms with Crippen LogP contribution in [-0.4, -0.2) is 59.4 Å². The highest BCUT2D eigenvalue weighted by Crippen LogP contribution is 2.59. The lowest BCUT2D eigenvalue weighted by molar-refractivity contribution is -0.130. The summed E-state index contributed by atoms with van der Waals surface area (Å²) in [4.78, 5) is 18.7. The number of aliphatic imine (C=N–C) groups is 1. The molecule has 4 unspecified atom stereocenters. The van der Waals surface area contributed by atoms with Crippen LogP contribution in [0.15, 0.2) is 16.6 Å². The molecular formula is C19H29N3O2. The average Bonchev–Trinajstić information content (AvgIpc) is 3.04. The molecule has 0 aromatic heterocycles. The Morgan fingerprint density at radius 1 is 1.54 bits per heavy atom. The van der Waals surface area contributed by atoms with Crippen LogP contribution in [0.2, 0.25) is 0 Å². The van der Waals surface area contributed by atoms with Gasteiger partial charge in [0, 0.05) is 25.3 Å². The number of likely N-dealkylation sites (tertiary alicyclic amines) is 1. The van der Waals surface area contributed by atoms with E-state index in [4.69, 9.17) is 0 Å². The van der Waals surface area contributed by atoms with Gasteiger partial charge in [0.25, 0.3) is 0 Å². The maximum atomic E-state index is 12.7. The maximum Gasteiger partial charge on any atom is 0.237 e. The molecule has 4 aliphatic rings. The molecule has 1 aliphatic heterocycles. The standard InChI is InChI=1S/C19H29N3O2/c1-18(7-13-6-14-8-19(24,12-18)9-16(13)14)21-11-17(23)22-5-3-4-15(22)10-20-2/h7,10,14-16,21,24H,3-6,8-9,11-12H2,1-2H3/t14?,15-,16?,18?,19?/m0/s1. The van der Waals surface area contributed by atoms with Crippen LogP contribution in [0.5, 0.6) is 0 Å². The molecular weight excluding hydrogens is 302 g/mol. The first-order valence-electron chi connectivity index (χ1n) is 9.32. The van der Waals surface area contributed by atoms with Crippen LogP contribution in [0.1, 0.15) is 45.4 Å². The number of amides is 1. The predicted octanol–water partition coefficient (Wildman–Crippen LogP) is 1.52. The lowest BCUT2D eigenvalue weighted by atomic mass is 9.69. The molecule has 0 radical (unpaired) electrons. The van der Waals surface area contributed by atoms with E-state index >= 15 is 0 Å². The SMILES string of the molecule is CN=C[C@@H]1CCCN1C(=O)CNC1(C)C=C2CC3CC(O)(CC23)C1. The summed E-state index contributed by atoms with van der Waals surface area (Å²) >= 11 is 0. The van der Waals surface area contributed by atoms with Crippen molar-refractivity contribution in [2.45, 2.75) is 62.6 Å². The quantitative estimate of drug-likeness (QED) is 0.606. The fourth-order valence-corrected chi connectivity index (χ4v) is 5.61. The first-order chi connectivity index (χ1) is 11.4. The van der Waals surface area contributed by atoms with Gasteiger partial charge in [-0.05, 0) is 57.3 Å². The third-order valence-corrected chi connectivity index (χ3v) is 6.57. The number of carbonyl (C=O) groups is 1. The minimum atomic E-state index is -0.556. The first kappa shape index (κ1) is 16.3. The van der Waals surface area contributed by atoms with Gasteiger partial charge < -0.3 is 10.0 Å². The summed E-state index contributed by atoms with van der Waals surface area (Å²) in [6.07, 6.45) is 9.95. The Balaban J connectivity index is 1.42. The van der Waals surface area contributed by atoms with Gasteiger partial charge in [-0.3, -0.25) is 15.1 Å². The normalized spacial score (nSPS) is 43.7. The van der Waals surface area contributed by atoms with Crippen LogP contribution in [0, 0.1) is 11.8 Å². The summed E-state index contributed by atoms with van der Waals surface area (Å²) in [7, 11) is 1.76. The number of rotatable bonds is 4. The second-order valence-corrected chi connectivity index (χ2v) is 8.57. The minimum Gasteiger partial charge on any atom is -0.390 e. The van der Waals surface area contributed by atoms with Crippen molar-refractivity contribution >= 4 is 12.1 Å². The van der Waals surface area contributed by atoms with Crippen LogP contribution in [-0.2, 0) is 4.79 Å². The largest absolute Gasteiger partial charge is 0.390 e. The molecule has 4 rings (SSSR count). The molecule has 2 N–H and O–H groups in total. The number of hydrogen-bond acceptors (Lipinski definition) is 4. The van der Waals surface area contributed by atoms with Gasteiger partial charge in [0.1, 0.15) is 0 Å². The molecule has 5 atom stereocenters. The summed E-state index contributed by atoms with van der Waals surface area (Å²) < 4.78 is 0. The number of aliphatic hydroxyl groups is 1. The van der Waals surface area contributed by atoms with E-state index in [2.05, 4.69) is 23.3 Å². The Morgan fingerprint density at radius 2 is 2.38 bits per heavy atom. The molecule has 132 valence electrons. The van der Waals surface area contributed by atoms with Gasteiger partial charge in [-0.25, -0.2) is 0 Å². The van der Waals surface area contributed by atoms with Crippen molar-refractivity contribution in [2.24, 2.45) is 16.8 Å². The first-order valence-corrected chi connectivity index (χ1v) is 9.32. The van der Waals surface area contributed by atoms with Gasteiger partial charge in [-0.1, -0.05) is 11.6 Å². The summed E-state index contributed by atoms with van der Waals surface area (Å²) in [5, 5.41) is 14.4. The van der Waals surface area contributed by atoms with Crippen molar-refractivity contribution in [3.63, 3.8) is 0 Å². The number of hydrogen-bond donors (Lipinski definition) is 2. The zero-order valence-corrected chi connectivity index (χ0v) is 14.8. The fraction of sp³-hybridized carbons (Fsp3) is 0.789. The predicted molar refractivity (Wildman–Crippen MR) is 94.0 cm³/mol. The molecule has 2 bridgehead atoms. The zero-order chi connectivity index (χ0) is 16.9. The van der Waals surface area contributed by atoms with E-state index in [1.165, 1.54) is 5.57 Å². The minimum absolute atomic E-state index is 0.143. The molecule has 1 heterocycles. The summed E-state index contributed by atoms with van der Waals surface area (Å²) in [6, 6.07) is 0.150. The molecule has 1 amide bonds. The van der Waals surface area contributed by atoms with Crippen molar-refractivity contribution in [1.29, 1.82) is 0 Å². The molecule has 3 fully saturated rings.